The Morgan fingerprint density at radius 1 is 1.08 bits per heavy atom. The van der Waals surface area contributed by atoms with Gasteiger partial charge in [0.25, 0.3) is 0 Å². The van der Waals surface area contributed by atoms with Gasteiger partial charge >= 0.3 is 0 Å². The molecular formula is C30H41NO5S. The SMILES string of the molecule is CC1(C)COC2(CC[C@]3(Sc4cccc(NC=O)c4)C4=CC[C@]5(C)[C@@H](O)CC[C@H]5[C@@H]4CC[C@@]3(O)C2)OC1. The van der Waals surface area contributed by atoms with Crippen molar-refractivity contribution in [3.05, 3.63) is 35.9 Å². The number of amides is 1. The Kier molecular flexibility index (Phi) is 6.17. The fourth-order valence-electron chi connectivity index (χ4n) is 8.19. The van der Waals surface area contributed by atoms with Gasteiger partial charge in [-0.3, -0.25) is 4.79 Å². The molecule has 4 fully saturated rings. The number of allylic oxidation sites excluding steroid dienone is 1. The summed E-state index contributed by atoms with van der Waals surface area (Å²) < 4.78 is 12.3. The second kappa shape index (κ2) is 8.82. The number of aliphatic hydroxyl groups excluding tert-OH is 1. The van der Waals surface area contributed by atoms with Gasteiger partial charge in [0.1, 0.15) is 0 Å². The van der Waals surface area contributed by atoms with E-state index in [2.05, 4.69) is 38.2 Å². The fourth-order valence-corrected chi connectivity index (χ4v) is 9.85. The summed E-state index contributed by atoms with van der Waals surface area (Å²) in [4.78, 5) is 12.1. The van der Waals surface area contributed by atoms with Gasteiger partial charge in [-0.25, -0.2) is 0 Å². The van der Waals surface area contributed by atoms with Crippen LogP contribution in [0.4, 0.5) is 5.69 Å². The van der Waals surface area contributed by atoms with E-state index in [1.165, 1.54) is 5.57 Å². The first-order valence-electron chi connectivity index (χ1n) is 13.9. The molecule has 6 nitrogen and oxygen atoms in total. The molecule has 4 aliphatic carbocycles. The predicted molar refractivity (Wildman–Crippen MR) is 144 cm³/mol. The van der Waals surface area contributed by atoms with E-state index in [0.717, 1.165) is 49.1 Å². The summed E-state index contributed by atoms with van der Waals surface area (Å²) in [6.07, 6.45) is 9.15. The van der Waals surface area contributed by atoms with Crippen LogP contribution in [0.3, 0.4) is 0 Å². The summed E-state index contributed by atoms with van der Waals surface area (Å²) >= 11 is 1.75. The zero-order valence-electron chi connectivity index (χ0n) is 22.3. The van der Waals surface area contributed by atoms with E-state index in [9.17, 15) is 15.0 Å². The lowest BCUT2D eigenvalue weighted by molar-refractivity contribution is -0.331. The molecule has 5 aliphatic rings. The van der Waals surface area contributed by atoms with Gasteiger partial charge in [-0.1, -0.05) is 38.5 Å². The van der Waals surface area contributed by atoms with Gasteiger partial charge in [-0.05, 0) is 68.6 Å². The minimum absolute atomic E-state index is 0.0273. The number of rotatable bonds is 4. The first-order chi connectivity index (χ1) is 17.5. The molecule has 7 heteroatoms. The molecule has 1 aromatic rings. The molecule has 6 rings (SSSR count). The molecule has 3 saturated carbocycles. The van der Waals surface area contributed by atoms with Gasteiger partial charge in [0.2, 0.25) is 6.41 Å². The summed E-state index contributed by atoms with van der Waals surface area (Å²) in [5, 5.41) is 26.3. The van der Waals surface area contributed by atoms with E-state index in [1.54, 1.807) is 11.8 Å². The lowest BCUT2D eigenvalue weighted by atomic mass is 9.52. The lowest BCUT2D eigenvalue weighted by Crippen LogP contribution is -2.67. The molecule has 0 aromatic heterocycles. The van der Waals surface area contributed by atoms with Crippen LogP contribution in [0.5, 0.6) is 0 Å². The third kappa shape index (κ3) is 4.03. The highest BCUT2D eigenvalue weighted by atomic mass is 32.2. The Labute approximate surface area is 224 Å². The number of anilines is 1. The van der Waals surface area contributed by atoms with Gasteiger partial charge in [0, 0.05) is 34.3 Å². The number of fused-ring (bicyclic) bond motifs is 5. The number of nitrogens with one attached hydrogen (secondary N) is 1. The Morgan fingerprint density at radius 3 is 2.62 bits per heavy atom. The maximum atomic E-state index is 12.7. The molecule has 0 bridgehead atoms. The summed E-state index contributed by atoms with van der Waals surface area (Å²) in [7, 11) is 0. The molecule has 1 aromatic carbocycles. The second-order valence-electron chi connectivity index (χ2n) is 13.3. The fraction of sp³-hybridized carbons (Fsp3) is 0.700. The second-order valence-corrected chi connectivity index (χ2v) is 14.7. The summed E-state index contributed by atoms with van der Waals surface area (Å²) in [6, 6.07) is 7.93. The maximum absolute atomic E-state index is 12.7. The lowest BCUT2D eigenvalue weighted by Gasteiger charge is -2.63. The topological polar surface area (TPSA) is 88.0 Å². The van der Waals surface area contributed by atoms with Gasteiger partial charge in [0.05, 0.1) is 29.7 Å². The molecule has 3 N–H and O–H groups in total. The van der Waals surface area contributed by atoms with E-state index < -0.39 is 16.1 Å². The molecule has 1 aliphatic heterocycles. The minimum Gasteiger partial charge on any atom is -0.393 e. The largest absolute Gasteiger partial charge is 0.393 e. The Hall–Kier alpha value is -1.38. The molecule has 1 amide bonds. The monoisotopic (exact) mass is 527 g/mol. The van der Waals surface area contributed by atoms with Gasteiger partial charge in [-0.15, -0.1) is 11.8 Å². The van der Waals surface area contributed by atoms with E-state index in [-0.39, 0.29) is 16.9 Å². The molecule has 1 saturated heterocycles. The Bertz CT molecular complexity index is 1100. The van der Waals surface area contributed by atoms with E-state index in [4.69, 9.17) is 9.47 Å². The highest BCUT2D eigenvalue weighted by molar-refractivity contribution is 8.01. The standard InChI is InChI=1S/C30H41NO5S/c1-26(2)17-35-29(36-18-26)13-14-30(37-21-6-4-5-20(15-21)31-19-32)24-10-11-27(3)23(7-8-25(27)33)22(24)9-12-28(30,34)16-29/h4-6,10,15,19,22-23,25,33-34H,7-9,11-14,16-18H2,1-3H3,(H,31,32)/t22-,23-,25-,27-,28+,30-/m0/s1. The van der Waals surface area contributed by atoms with Crippen molar-refractivity contribution >= 4 is 23.9 Å². The van der Waals surface area contributed by atoms with Crippen LogP contribution in [0.25, 0.3) is 0 Å². The Morgan fingerprint density at radius 2 is 1.86 bits per heavy atom. The van der Waals surface area contributed by atoms with Crippen molar-refractivity contribution in [2.75, 3.05) is 18.5 Å². The first kappa shape index (κ1) is 25.9. The summed E-state index contributed by atoms with van der Waals surface area (Å²) in [6.45, 7) is 7.84. The van der Waals surface area contributed by atoms with E-state index in [1.807, 2.05) is 18.2 Å². The van der Waals surface area contributed by atoms with E-state index in [0.29, 0.717) is 44.3 Å². The number of aliphatic hydroxyl groups is 2. The summed E-state index contributed by atoms with van der Waals surface area (Å²) in [5.41, 5.74) is 1.02. The molecule has 6 atom stereocenters. The molecule has 0 unspecified atom stereocenters. The number of carbonyl (C=O) groups is 1. The third-order valence-corrected chi connectivity index (χ3v) is 12.0. The molecule has 37 heavy (non-hydrogen) atoms. The third-order valence-electron chi connectivity index (χ3n) is 10.3. The molecule has 202 valence electrons. The number of carbonyl (C=O) groups excluding carboxylic acids is 1. The van der Waals surface area contributed by atoms with Crippen molar-refractivity contribution < 1.29 is 24.5 Å². The average Bonchev–Trinajstić information content (AvgIpc) is 3.17. The van der Waals surface area contributed by atoms with Crippen LogP contribution < -0.4 is 5.32 Å². The number of hydrogen-bond acceptors (Lipinski definition) is 6. The normalized spacial score (nSPS) is 41.8. The molecule has 1 heterocycles. The van der Waals surface area contributed by atoms with Crippen LogP contribution in [-0.2, 0) is 14.3 Å². The van der Waals surface area contributed by atoms with Crippen molar-refractivity contribution in [1.82, 2.24) is 0 Å². The number of thioether (sulfide) groups is 1. The number of ether oxygens (including phenoxy) is 2. The van der Waals surface area contributed by atoms with E-state index >= 15 is 0 Å². The van der Waals surface area contributed by atoms with Crippen LogP contribution >= 0.6 is 11.8 Å². The minimum atomic E-state index is -0.987. The van der Waals surface area contributed by atoms with Crippen LogP contribution in [0, 0.1) is 22.7 Å². The van der Waals surface area contributed by atoms with Crippen molar-refractivity contribution in [2.24, 2.45) is 22.7 Å². The number of benzene rings is 1. The van der Waals surface area contributed by atoms with Crippen molar-refractivity contribution in [3.63, 3.8) is 0 Å². The average molecular weight is 528 g/mol. The summed E-state index contributed by atoms with van der Waals surface area (Å²) in [5.74, 6) is 0.0580. The maximum Gasteiger partial charge on any atom is 0.211 e. The highest BCUT2D eigenvalue weighted by Crippen LogP contribution is 2.68. The predicted octanol–water partition coefficient (Wildman–Crippen LogP) is 5.29. The van der Waals surface area contributed by atoms with Crippen LogP contribution in [0.1, 0.15) is 72.1 Å². The van der Waals surface area contributed by atoms with Crippen molar-refractivity contribution in [2.45, 2.75) is 99.3 Å². The number of hydrogen-bond donors (Lipinski definition) is 3. The van der Waals surface area contributed by atoms with Crippen LogP contribution in [0.2, 0.25) is 0 Å². The van der Waals surface area contributed by atoms with Gasteiger partial charge in [0.15, 0.2) is 5.79 Å². The molecular weight excluding hydrogens is 486 g/mol. The van der Waals surface area contributed by atoms with Crippen LogP contribution in [-0.4, -0.2) is 52.1 Å². The molecule has 1 spiro atoms. The smallest absolute Gasteiger partial charge is 0.211 e. The van der Waals surface area contributed by atoms with Gasteiger partial charge in [-0.2, -0.15) is 0 Å². The van der Waals surface area contributed by atoms with Gasteiger partial charge < -0.3 is 25.0 Å². The zero-order chi connectivity index (χ0) is 26.1. The van der Waals surface area contributed by atoms with Crippen molar-refractivity contribution in [3.8, 4) is 0 Å². The Balaban J connectivity index is 1.40. The van der Waals surface area contributed by atoms with Crippen molar-refractivity contribution in [1.29, 1.82) is 0 Å². The molecule has 0 radical (unpaired) electrons. The van der Waals surface area contributed by atoms with Crippen LogP contribution in [0.15, 0.2) is 40.8 Å². The zero-order valence-corrected chi connectivity index (χ0v) is 23.1. The highest BCUT2D eigenvalue weighted by Gasteiger charge is 2.67. The quantitative estimate of drug-likeness (QED) is 0.364. The first-order valence-corrected chi connectivity index (χ1v) is 14.7.